The molecule has 0 heterocycles. The number of hydrogen-bond acceptors (Lipinski definition) is 5. The summed E-state index contributed by atoms with van der Waals surface area (Å²) in [5.74, 6) is 0.156. The van der Waals surface area contributed by atoms with Gasteiger partial charge in [0.15, 0.2) is 18.1 Å². The van der Waals surface area contributed by atoms with E-state index in [9.17, 15) is 9.70 Å². The molecule has 0 saturated heterocycles. The molecule has 0 aliphatic carbocycles. The maximum atomic E-state index is 12.0. The second-order valence-corrected chi connectivity index (χ2v) is 4.72. The van der Waals surface area contributed by atoms with Gasteiger partial charge in [0, 0.05) is 31.4 Å². The van der Waals surface area contributed by atoms with Gasteiger partial charge in [0.2, 0.25) is 0 Å². The Labute approximate surface area is 123 Å². The van der Waals surface area contributed by atoms with E-state index < -0.39 is 0 Å². The lowest BCUT2D eigenvalue weighted by Crippen LogP contribution is -2.12. The molecule has 2 aromatic rings. The van der Waals surface area contributed by atoms with Gasteiger partial charge in [0.05, 0.1) is 0 Å². The van der Waals surface area contributed by atoms with Gasteiger partial charge in [0.25, 0.3) is 0 Å². The van der Waals surface area contributed by atoms with E-state index >= 15 is 0 Å². The summed E-state index contributed by atoms with van der Waals surface area (Å²) in [6, 6.07) is 13.9. The van der Waals surface area contributed by atoms with Crippen molar-refractivity contribution in [3.05, 3.63) is 59.0 Å². The van der Waals surface area contributed by atoms with E-state index in [1.807, 2.05) is 25.1 Å². The fourth-order valence-corrected chi connectivity index (χ4v) is 1.82. The zero-order chi connectivity index (χ0) is 15.2. The molecule has 0 amide bonds. The van der Waals surface area contributed by atoms with E-state index in [1.54, 1.807) is 42.5 Å². The van der Waals surface area contributed by atoms with Gasteiger partial charge in [-0.2, -0.15) is 0 Å². The first-order valence-corrected chi connectivity index (χ1v) is 6.47. The summed E-state index contributed by atoms with van der Waals surface area (Å²) in [6.45, 7) is -0.136. The monoisotopic (exact) mass is 284 g/mol. The largest absolute Gasteiger partial charge is 0.483 e. The first-order valence-electron chi connectivity index (χ1n) is 6.47. The number of ketones is 1. The fourth-order valence-electron chi connectivity index (χ4n) is 1.82. The number of Topliss-reactive ketones (excluding diaryl/α,β-unsaturated/α-hetero) is 1. The van der Waals surface area contributed by atoms with Crippen LogP contribution in [-0.4, -0.2) is 26.5 Å². The third kappa shape index (κ3) is 3.66. The van der Waals surface area contributed by atoms with Crippen LogP contribution in [0.4, 0.5) is 11.4 Å². The van der Waals surface area contributed by atoms with Gasteiger partial charge < -0.3 is 9.64 Å². The molecule has 0 aliphatic rings. The zero-order valence-corrected chi connectivity index (χ0v) is 11.9. The standard InChI is InChI=1S/C16H16N2O3/c1-18(2)13-8-9-14(17-20)16(10-13)21-11-15(19)12-6-4-3-5-7-12/h3-10H,11H2,1-2H3. The Bertz CT molecular complexity index is 639. The molecule has 0 unspecified atom stereocenters. The number of nitrogens with zero attached hydrogens (tertiary/aromatic N) is 2. The number of hydrogen-bond donors (Lipinski definition) is 0. The molecule has 2 aromatic carbocycles. The van der Waals surface area contributed by atoms with E-state index in [0.717, 1.165) is 5.69 Å². The molecule has 0 aliphatic heterocycles. The third-order valence-corrected chi connectivity index (χ3v) is 3.01. The minimum Gasteiger partial charge on any atom is -0.483 e. The van der Waals surface area contributed by atoms with Gasteiger partial charge in [-0.1, -0.05) is 30.3 Å². The molecule has 2 rings (SSSR count). The molecule has 108 valence electrons. The van der Waals surface area contributed by atoms with E-state index in [-0.39, 0.29) is 18.1 Å². The summed E-state index contributed by atoms with van der Waals surface area (Å²) in [5, 5.41) is 2.92. The smallest absolute Gasteiger partial charge is 0.200 e. The predicted molar refractivity (Wildman–Crippen MR) is 82.5 cm³/mol. The highest BCUT2D eigenvalue weighted by Gasteiger charge is 2.11. The SMILES string of the molecule is CN(C)c1ccc(N=O)c(OCC(=O)c2ccccc2)c1. The van der Waals surface area contributed by atoms with Crippen LogP contribution in [0.3, 0.4) is 0 Å². The van der Waals surface area contributed by atoms with Crippen LogP contribution >= 0.6 is 0 Å². The summed E-state index contributed by atoms with van der Waals surface area (Å²) in [5.41, 5.74) is 1.62. The van der Waals surface area contributed by atoms with Gasteiger partial charge in [0.1, 0.15) is 5.69 Å². The molecule has 5 nitrogen and oxygen atoms in total. The first-order chi connectivity index (χ1) is 10.1. The number of nitroso groups, excluding NO2 is 1. The Morgan fingerprint density at radius 1 is 1.14 bits per heavy atom. The van der Waals surface area contributed by atoms with Crippen LogP contribution in [0, 0.1) is 4.91 Å². The zero-order valence-electron chi connectivity index (χ0n) is 11.9. The lowest BCUT2D eigenvalue weighted by molar-refractivity contribution is 0.0922. The Morgan fingerprint density at radius 2 is 1.86 bits per heavy atom. The molecule has 0 aromatic heterocycles. The summed E-state index contributed by atoms with van der Waals surface area (Å²) in [6.07, 6.45) is 0. The molecule has 0 bridgehead atoms. The van der Waals surface area contributed by atoms with Crippen molar-refractivity contribution in [1.82, 2.24) is 0 Å². The molecule has 0 fully saturated rings. The van der Waals surface area contributed by atoms with Crippen LogP contribution in [0.1, 0.15) is 10.4 Å². The molecule has 0 saturated carbocycles. The highest BCUT2D eigenvalue weighted by molar-refractivity contribution is 5.97. The molecular formula is C16H16N2O3. The molecule has 5 heteroatoms. The van der Waals surface area contributed by atoms with E-state index in [0.29, 0.717) is 11.3 Å². The van der Waals surface area contributed by atoms with Crippen molar-refractivity contribution in [2.75, 3.05) is 25.6 Å². The Kier molecular flexibility index (Phi) is 4.66. The van der Waals surface area contributed by atoms with E-state index in [1.165, 1.54) is 0 Å². The van der Waals surface area contributed by atoms with Crippen LogP contribution < -0.4 is 9.64 Å². The Hall–Kier alpha value is -2.69. The lowest BCUT2D eigenvalue weighted by atomic mass is 10.1. The predicted octanol–water partition coefficient (Wildman–Crippen LogP) is 3.41. The molecule has 21 heavy (non-hydrogen) atoms. The molecule has 0 N–H and O–H groups in total. The minimum atomic E-state index is -0.150. The summed E-state index contributed by atoms with van der Waals surface area (Å²) in [7, 11) is 3.75. The quantitative estimate of drug-likeness (QED) is 0.602. The highest BCUT2D eigenvalue weighted by atomic mass is 16.5. The van der Waals surface area contributed by atoms with Crippen LogP contribution in [-0.2, 0) is 0 Å². The van der Waals surface area contributed by atoms with E-state index in [4.69, 9.17) is 4.74 Å². The summed E-state index contributed by atoms with van der Waals surface area (Å²) >= 11 is 0. The van der Waals surface area contributed by atoms with Crippen LogP contribution in [0.15, 0.2) is 53.7 Å². The average molecular weight is 284 g/mol. The number of rotatable bonds is 6. The molecule has 0 radical (unpaired) electrons. The van der Waals surface area contributed by atoms with Crippen LogP contribution in [0.5, 0.6) is 5.75 Å². The van der Waals surface area contributed by atoms with Gasteiger partial charge in [-0.15, -0.1) is 4.91 Å². The summed E-state index contributed by atoms with van der Waals surface area (Å²) < 4.78 is 5.47. The minimum absolute atomic E-state index is 0.136. The van der Waals surface area contributed by atoms with E-state index in [2.05, 4.69) is 5.18 Å². The molecule has 0 atom stereocenters. The van der Waals surface area contributed by atoms with Crippen molar-refractivity contribution in [3.63, 3.8) is 0 Å². The van der Waals surface area contributed by atoms with Crippen LogP contribution in [0.25, 0.3) is 0 Å². The average Bonchev–Trinajstić information content (AvgIpc) is 2.53. The number of benzene rings is 2. The van der Waals surface area contributed by atoms with Crippen molar-refractivity contribution in [3.8, 4) is 5.75 Å². The number of anilines is 1. The Balaban J connectivity index is 2.13. The van der Waals surface area contributed by atoms with Gasteiger partial charge in [-0.05, 0) is 17.3 Å². The maximum absolute atomic E-state index is 12.0. The molecule has 0 spiro atoms. The second-order valence-electron chi connectivity index (χ2n) is 4.72. The van der Waals surface area contributed by atoms with Gasteiger partial charge in [-0.25, -0.2) is 0 Å². The van der Waals surface area contributed by atoms with Crippen LogP contribution in [0.2, 0.25) is 0 Å². The van der Waals surface area contributed by atoms with Gasteiger partial charge >= 0.3 is 0 Å². The van der Waals surface area contributed by atoms with Gasteiger partial charge in [-0.3, -0.25) is 4.79 Å². The number of carbonyl (C=O) groups is 1. The number of carbonyl (C=O) groups excluding carboxylic acids is 1. The fraction of sp³-hybridized carbons (Fsp3) is 0.188. The normalized spacial score (nSPS) is 10.0. The van der Waals surface area contributed by atoms with Crippen molar-refractivity contribution < 1.29 is 9.53 Å². The Morgan fingerprint density at radius 3 is 2.48 bits per heavy atom. The van der Waals surface area contributed by atoms with Crippen molar-refractivity contribution in [2.24, 2.45) is 5.18 Å². The maximum Gasteiger partial charge on any atom is 0.200 e. The first kappa shape index (κ1) is 14.7. The third-order valence-electron chi connectivity index (χ3n) is 3.01. The van der Waals surface area contributed by atoms with Crippen molar-refractivity contribution in [1.29, 1.82) is 0 Å². The van der Waals surface area contributed by atoms with Crippen molar-refractivity contribution >= 4 is 17.2 Å². The highest BCUT2D eigenvalue weighted by Crippen LogP contribution is 2.31. The second kappa shape index (κ2) is 6.65. The number of ether oxygens (including phenoxy) is 1. The lowest BCUT2D eigenvalue weighted by Gasteiger charge is -2.14. The topological polar surface area (TPSA) is 59.0 Å². The van der Waals surface area contributed by atoms with Crippen molar-refractivity contribution in [2.45, 2.75) is 0 Å². The summed E-state index contributed by atoms with van der Waals surface area (Å²) in [4.78, 5) is 24.7. The molecular weight excluding hydrogens is 268 g/mol.